The minimum atomic E-state index is -1.97. The maximum Gasteiger partial charge on any atom is 0.257 e. The standard InChI is InChI=1S/C16H21Cl3N2O2/c1-8(22)12(13(20)16(17,18)19)14(23)21-15-5-9-2-10(6-15)4-11(3-9)7-15/h9-11H,2-7,20H2,1H3,(H,21,23)/b13-12-. The predicted octanol–water partition coefficient (Wildman–Crippen LogP) is 3.24. The molecule has 4 aliphatic carbocycles. The van der Waals surface area contributed by atoms with Crippen molar-refractivity contribution in [2.75, 3.05) is 0 Å². The highest BCUT2D eigenvalue weighted by molar-refractivity contribution is 6.69. The maximum atomic E-state index is 12.7. The van der Waals surface area contributed by atoms with Gasteiger partial charge in [-0.3, -0.25) is 9.59 Å². The highest BCUT2D eigenvalue weighted by atomic mass is 35.6. The molecule has 4 rings (SSSR count). The Morgan fingerprint density at radius 1 is 1.04 bits per heavy atom. The number of halogens is 3. The molecule has 7 heteroatoms. The van der Waals surface area contributed by atoms with E-state index < -0.39 is 15.5 Å². The topological polar surface area (TPSA) is 72.2 Å². The first kappa shape index (κ1) is 17.4. The van der Waals surface area contributed by atoms with Crippen LogP contribution in [0.2, 0.25) is 0 Å². The Labute approximate surface area is 151 Å². The molecular formula is C16H21Cl3N2O2. The molecule has 0 heterocycles. The number of rotatable bonds is 3. The molecule has 4 nitrogen and oxygen atoms in total. The Bertz CT molecular complexity index is 545. The smallest absolute Gasteiger partial charge is 0.257 e. The van der Waals surface area contributed by atoms with E-state index in [0.717, 1.165) is 19.3 Å². The summed E-state index contributed by atoms with van der Waals surface area (Å²) < 4.78 is -1.97. The van der Waals surface area contributed by atoms with Crippen LogP contribution in [0.5, 0.6) is 0 Å². The van der Waals surface area contributed by atoms with Crippen LogP contribution in [-0.4, -0.2) is 21.0 Å². The molecule has 4 saturated carbocycles. The van der Waals surface area contributed by atoms with E-state index in [1.165, 1.54) is 26.2 Å². The second kappa shape index (κ2) is 5.82. The first-order valence-corrected chi connectivity index (χ1v) is 9.13. The second-order valence-corrected chi connectivity index (χ2v) is 9.78. The summed E-state index contributed by atoms with van der Waals surface area (Å²) in [4.78, 5) is 24.6. The van der Waals surface area contributed by atoms with E-state index in [9.17, 15) is 9.59 Å². The van der Waals surface area contributed by atoms with E-state index >= 15 is 0 Å². The minimum absolute atomic E-state index is 0.222. The Kier molecular flexibility index (Phi) is 4.40. The van der Waals surface area contributed by atoms with Crippen LogP contribution in [0.3, 0.4) is 0 Å². The number of allylic oxidation sites excluding steroid dienone is 1. The fourth-order valence-electron chi connectivity index (χ4n) is 5.18. The zero-order valence-corrected chi connectivity index (χ0v) is 15.3. The van der Waals surface area contributed by atoms with Crippen molar-refractivity contribution >= 4 is 46.5 Å². The molecule has 23 heavy (non-hydrogen) atoms. The summed E-state index contributed by atoms with van der Waals surface area (Å²) >= 11 is 17.3. The van der Waals surface area contributed by atoms with Gasteiger partial charge in [-0.25, -0.2) is 0 Å². The largest absolute Gasteiger partial charge is 0.398 e. The van der Waals surface area contributed by atoms with E-state index in [-0.39, 0.29) is 16.8 Å². The summed E-state index contributed by atoms with van der Waals surface area (Å²) in [6, 6.07) is 0. The molecule has 1 amide bonds. The average Bonchev–Trinajstić information content (AvgIpc) is 2.34. The van der Waals surface area contributed by atoms with Crippen molar-refractivity contribution < 1.29 is 9.59 Å². The number of nitrogens with one attached hydrogen (secondary N) is 1. The quantitative estimate of drug-likeness (QED) is 0.342. The van der Waals surface area contributed by atoms with Gasteiger partial charge >= 0.3 is 0 Å². The van der Waals surface area contributed by atoms with Gasteiger partial charge in [-0.2, -0.15) is 0 Å². The fraction of sp³-hybridized carbons (Fsp3) is 0.750. The van der Waals surface area contributed by atoms with Gasteiger partial charge in [0.2, 0.25) is 3.79 Å². The number of alkyl halides is 3. The number of ketones is 1. The van der Waals surface area contributed by atoms with Gasteiger partial charge in [0.25, 0.3) is 5.91 Å². The van der Waals surface area contributed by atoms with Gasteiger partial charge in [0, 0.05) is 5.54 Å². The number of nitrogens with two attached hydrogens (primary N) is 1. The summed E-state index contributed by atoms with van der Waals surface area (Å²) in [6.07, 6.45) is 6.72. The third kappa shape index (κ3) is 3.35. The molecule has 0 aromatic rings. The Hall–Kier alpha value is -0.450. The molecule has 3 N–H and O–H groups in total. The average molecular weight is 380 g/mol. The monoisotopic (exact) mass is 378 g/mol. The Balaban J connectivity index is 1.84. The van der Waals surface area contributed by atoms with E-state index in [0.29, 0.717) is 17.8 Å². The highest BCUT2D eigenvalue weighted by Gasteiger charge is 2.52. The molecule has 0 radical (unpaired) electrons. The third-order valence-electron chi connectivity index (χ3n) is 5.57. The van der Waals surface area contributed by atoms with Crippen molar-refractivity contribution in [1.82, 2.24) is 5.32 Å². The van der Waals surface area contributed by atoms with Crippen molar-refractivity contribution in [3.8, 4) is 0 Å². The number of carbonyl (C=O) groups excluding carboxylic acids is 2. The van der Waals surface area contributed by atoms with Crippen LogP contribution < -0.4 is 11.1 Å². The zero-order chi connectivity index (χ0) is 17.0. The molecule has 0 aromatic heterocycles. The van der Waals surface area contributed by atoms with Gasteiger partial charge in [-0.05, 0) is 63.2 Å². The van der Waals surface area contributed by atoms with Crippen LogP contribution in [0.25, 0.3) is 0 Å². The van der Waals surface area contributed by atoms with Crippen LogP contribution in [0.15, 0.2) is 11.3 Å². The zero-order valence-electron chi connectivity index (χ0n) is 13.0. The molecule has 4 aliphatic rings. The number of hydrogen-bond acceptors (Lipinski definition) is 3. The van der Waals surface area contributed by atoms with Crippen LogP contribution in [0, 0.1) is 17.8 Å². The molecule has 0 spiro atoms. The van der Waals surface area contributed by atoms with Gasteiger partial charge < -0.3 is 11.1 Å². The minimum Gasteiger partial charge on any atom is -0.398 e. The van der Waals surface area contributed by atoms with E-state index in [1.807, 2.05) is 0 Å². The van der Waals surface area contributed by atoms with Gasteiger partial charge in [0.05, 0.1) is 5.70 Å². The second-order valence-electron chi connectivity index (χ2n) is 7.49. The molecule has 0 unspecified atom stereocenters. The van der Waals surface area contributed by atoms with Crippen molar-refractivity contribution in [3.63, 3.8) is 0 Å². The molecule has 128 valence electrons. The molecular weight excluding hydrogens is 359 g/mol. The summed E-state index contributed by atoms with van der Waals surface area (Å²) in [5, 5.41) is 3.09. The van der Waals surface area contributed by atoms with Crippen LogP contribution in [0.4, 0.5) is 0 Å². The predicted molar refractivity (Wildman–Crippen MR) is 91.2 cm³/mol. The third-order valence-corrected chi connectivity index (χ3v) is 6.18. The summed E-state index contributed by atoms with van der Waals surface area (Å²) in [5.41, 5.74) is 5.00. The lowest BCUT2D eigenvalue weighted by Gasteiger charge is -2.56. The first-order chi connectivity index (χ1) is 10.6. The molecule has 4 fully saturated rings. The number of carbonyl (C=O) groups is 2. The van der Waals surface area contributed by atoms with Gasteiger partial charge in [0.15, 0.2) is 5.78 Å². The lowest BCUT2D eigenvalue weighted by Crippen LogP contribution is -2.60. The lowest BCUT2D eigenvalue weighted by molar-refractivity contribution is -0.126. The molecule has 0 saturated heterocycles. The Morgan fingerprint density at radius 2 is 1.48 bits per heavy atom. The van der Waals surface area contributed by atoms with Crippen molar-refractivity contribution in [3.05, 3.63) is 11.3 Å². The normalized spacial score (nSPS) is 36.6. The summed E-state index contributed by atoms with van der Waals surface area (Å²) in [5.74, 6) is 1.03. The number of Topliss-reactive ketones (excluding diaryl/α,β-unsaturated/α-hetero) is 1. The number of hydrogen-bond donors (Lipinski definition) is 2. The fourth-order valence-corrected chi connectivity index (χ4v) is 5.46. The Morgan fingerprint density at radius 3 is 1.83 bits per heavy atom. The molecule has 4 bridgehead atoms. The summed E-state index contributed by atoms with van der Waals surface area (Å²) in [6.45, 7) is 1.26. The maximum absolute atomic E-state index is 12.7. The summed E-state index contributed by atoms with van der Waals surface area (Å²) in [7, 11) is 0. The first-order valence-electron chi connectivity index (χ1n) is 8.00. The van der Waals surface area contributed by atoms with Crippen molar-refractivity contribution in [2.45, 2.75) is 54.8 Å². The number of amides is 1. The van der Waals surface area contributed by atoms with E-state index in [4.69, 9.17) is 40.5 Å². The highest BCUT2D eigenvalue weighted by Crippen LogP contribution is 2.55. The van der Waals surface area contributed by atoms with Crippen LogP contribution >= 0.6 is 34.8 Å². The SMILES string of the molecule is CC(=O)/C(C(=O)NC12CC3CC(CC(C3)C1)C2)=C(/N)C(Cl)(Cl)Cl. The van der Waals surface area contributed by atoms with Crippen molar-refractivity contribution in [2.24, 2.45) is 23.5 Å². The van der Waals surface area contributed by atoms with Crippen molar-refractivity contribution in [1.29, 1.82) is 0 Å². The van der Waals surface area contributed by atoms with E-state index in [1.54, 1.807) is 0 Å². The molecule has 0 aliphatic heterocycles. The van der Waals surface area contributed by atoms with E-state index in [2.05, 4.69) is 5.32 Å². The lowest BCUT2D eigenvalue weighted by atomic mass is 9.53. The van der Waals surface area contributed by atoms with Crippen LogP contribution in [-0.2, 0) is 9.59 Å². The van der Waals surface area contributed by atoms with Gasteiger partial charge in [-0.1, -0.05) is 34.8 Å². The molecule has 0 aromatic carbocycles. The molecule has 0 atom stereocenters. The van der Waals surface area contributed by atoms with Gasteiger partial charge in [-0.15, -0.1) is 0 Å². The van der Waals surface area contributed by atoms with Gasteiger partial charge in [0.1, 0.15) is 5.57 Å². The van der Waals surface area contributed by atoms with Crippen LogP contribution in [0.1, 0.15) is 45.4 Å².